The van der Waals surface area contributed by atoms with E-state index in [1.165, 1.54) is 6.92 Å². The zero-order chi connectivity index (χ0) is 29.2. The van der Waals surface area contributed by atoms with Gasteiger partial charge in [0.25, 0.3) is 0 Å². The van der Waals surface area contributed by atoms with Gasteiger partial charge < -0.3 is 44.5 Å². The molecule has 0 aromatic carbocycles. The van der Waals surface area contributed by atoms with E-state index in [1.807, 2.05) is 0 Å². The summed E-state index contributed by atoms with van der Waals surface area (Å²) < 4.78 is 59.2. The number of hydrogen-bond acceptors (Lipinski definition) is 14. The minimum absolute atomic E-state index is 0. The number of thiol groups is 1. The van der Waals surface area contributed by atoms with Crippen LogP contribution < -0.4 is 34.7 Å². The van der Waals surface area contributed by atoms with E-state index < -0.39 is 84.3 Å². The quantitative estimate of drug-likeness (QED) is 0.0240. The van der Waals surface area contributed by atoms with Crippen LogP contribution in [0, 0.1) is 0 Å². The van der Waals surface area contributed by atoms with Gasteiger partial charge in [-0.05, 0) is 38.3 Å². The molecule has 0 saturated carbocycles. The number of aliphatic hydroxyl groups is 4. The maximum Gasteiger partial charge on any atom is 1.00 e. The van der Waals surface area contributed by atoms with Gasteiger partial charge in [0.2, 0.25) is 0 Å². The molecule has 10 atom stereocenters. The Morgan fingerprint density at radius 1 is 0.950 bits per heavy atom. The fourth-order valence-corrected chi connectivity index (χ4v) is 5.24. The van der Waals surface area contributed by atoms with Crippen molar-refractivity contribution >= 4 is 28.9 Å². The fourth-order valence-electron chi connectivity index (χ4n) is 4.51. The molecule has 0 amide bonds. The molecular formula is C23H42NNaO13S2. The summed E-state index contributed by atoms with van der Waals surface area (Å²) in [6.07, 6.45) is -6.16. The maximum atomic E-state index is 11.8. The van der Waals surface area contributed by atoms with E-state index in [0.717, 1.165) is 57.6 Å². The molecule has 2 fully saturated rings. The zero-order valence-electron chi connectivity index (χ0n) is 23.1. The SMILES string of the molecule is CC([O-])=N[C@H]1[C@H](O[C@H]2[C@H](O)[C@H](OCCCCCCCCCS)O[C@@H](C)[C@H]2O)O[C@H](CO)[C@@H](O)[C@@H]1OS(=O)(=O)O.[Na+]. The molecule has 2 saturated heterocycles. The molecule has 230 valence electrons. The summed E-state index contributed by atoms with van der Waals surface area (Å²) in [7, 11) is -5.14. The molecular weight excluding hydrogens is 585 g/mol. The number of hydrogen-bond donors (Lipinski definition) is 6. The van der Waals surface area contributed by atoms with Crippen molar-refractivity contribution in [1.29, 1.82) is 0 Å². The van der Waals surface area contributed by atoms with Gasteiger partial charge in [-0.2, -0.15) is 21.0 Å². The van der Waals surface area contributed by atoms with Crippen LogP contribution in [0.15, 0.2) is 4.99 Å². The third-order valence-electron chi connectivity index (χ3n) is 6.54. The summed E-state index contributed by atoms with van der Waals surface area (Å²) in [5.74, 6) is 0.0669. The van der Waals surface area contributed by atoms with Crippen molar-refractivity contribution in [3.63, 3.8) is 0 Å². The van der Waals surface area contributed by atoms with Gasteiger partial charge in [-0.25, -0.2) is 4.18 Å². The van der Waals surface area contributed by atoms with E-state index in [4.69, 9.17) is 18.9 Å². The predicted octanol–water partition coefficient (Wildman–Crippen LogP) is -4.07. The van der Waals surface area contributed by atoms with Gasteiger partial charge in [-0.15, -0.1) is 0 Å². The van der Waals surface area contributed by atoms with Gasteiger partial charge in [0.1, 0.15) is 42.7 Å². The summed E-state index contributed by atoms with van der Waals surface area (Å²) in [6.45, 7) is 2.02. The first-order chi connectivity index (χ1) is 18.4. The Bertz CT molecular complexity index is 851. The van der Waals surface area contributed by atoms with Crippen LogP contribution in [0.3, 0.4) is 0 Å². The summed E-state index contributed by atoms with van der Waals surface area (Å²) >= 11 is 4.20. The van der Waals surface area contributed by atoms with Gasteiger partial charge in [0, 0.05) is 6.61 Å². The molecule has 17 heteroatoms. The molecule has 0 spiro atoms. The van der Waals surface area contributed by atoms with Gasteiger partial charge in [-0.3, -0.25) is 9.55 Å². The Labute approximate surface area is 263 Å². The minimum atomic E-state index is -5.14. The summed E-state index contributed by atoms with van der Waals surface area (Å²) in [5, 5.41) is 53.5. The van der Waals surface area contributed by atoms with Crippen LogP contribution in [0.5, 0.6) is 0 Å². The molecule has 40 heavy (non-hydrogen) atoms. The van der Waals surface area contributed by atoms with E-state index in [-0.39, 0.29) is 36.2 Å². The Morgan fingerprint density at radius 2 is 1.55 bits per heavy atom. The third-order valence-corrected chi connectivity index (χ3v) is 7.32. The van der Waals surface area contributed by atoms with E-state index in [2.05, 4.69) is 21.8 Å². The third kappa shape index (κ3) is 12.2. The van der Waals surface area contributed by atoms with Crippen molar-refractivity contribution in [3.05, 3.63) is 0 Å². The molecule has 0 aromatic heterocycles. The van der Waals surface area contributed by atoms with Gasteiger partial charge in [0.15, 0.2) is 12.6 Å². The van der Waals surface area contributed by atoms with E-state index >= 15 is 0 Å². The van der Waals surface area contributed by atoms with Crippen molar-refractivity contribution < 1.29 is 91.2 Å². The molecule has 0 radical (unpaired) electrons. The number of unbranched alkanes of at least 4 members (excludes halogenated alkanes) is 6. The van der Waals surface area contributed by atoms with Crippen molar-refractivity contribution in [1.82, 2.24) is 0 Å². The standard InChI is InChI=1S/C23H43NO13S2.Na/c1-13-17(27)21(19(29)23(34-13)33-10-8-6-4-3-5-7-9-11-38)36-22-16(24-14(2)26)20(37-39(30,31)32)18(28)15(12-25)35-22;/h13,15-23,25,27-29,38H,3-12H2,1-2H3,(H,24,26)(H,30,31,32);/q;+1/p-1/t13-,15+,16+,17+,18+,19-,20+,21+,22-,23+;/m0./s1. The zero-order valence-corrected chi connectivity index (χ0v) is 26.9. The molecule has 2 aliphatic rings. The Balaban J connectivity index is 0.00000800. The van der Waals surface area contributed by atoms with Crippen molar-refractivity contribution in [2.45, 2.75) is 120 Å². The number of aliphatic hydroxyl groups excluding tert-OH is 4. The van der Waals surface area contributed by atoms with Crippen LogP contribution in [0.2, 0.25) is 0 Å². The molecule has 2 rings (SSSR count). The van der Waals surface area contributed by atoms with Gasteiger partial charge in [-0.1, -0.05) is 32.1 Å². The number of nitrogens with zero attached hydrogens (tertiary/aromatic N) is 1. The van der Waals surface area contributed by atoms with Crippen LogP contribution in [0.4, 0.5) is 0 Å². The predicted molar refractivity (Wildman–Crippen MR) is 138 cm³/mol. The monoisotopic (exact) mass is 627 g/mol. The maximum absolute atomic E-state index is 11.8. The molecule has 0 unspecified atom stereocenters. The summed E-state index contributed by atoms with van der Waals surface area (Å²) in [6, 6.07) is -1.66. The average Bonchev–Trinajstić information content (AvgIpc) is 2.86. The van der Waals surface area contributed by atoms with Crippen LogP contribution in [0.1, 0.15) is 58.8 Å². The van der Waals surface area contributed by atoms with Crippen LogP contribution in [-0.4, -0.2) is 120 Å². The van der Waals surface area contributed by atoms with E-state index in [9.17, 15) is 38.5 Å². The Kier molecular flexibility index (Phi) is 18.1. The molecule has 0 aliphatic carbocycles. The van der Waals surface area contributed by atoms with Crippen molar-refractivity contribution in [2.75, 3.05) is 19.0 Å². The molecule has 0 aromatic rings. The number of ether oxygens (including phenoxy) is 4. The fraction of sp³-hybridized carbons (Fsp3) is 0.957. The number of aliphatic imine (C=N–C) groups is 1. The largest absolute Gasteiger partial charge is 1.00 e. The Morgan fingerprint density at radius 3 is 2.10 bits per heavy atom. The van der Waals surface area contributed by atoms with Gasteiger partial charge >= 0.3 is 40.0 Å². The van der Waals surface area contributed by atoms with Crippen LogP contribution in [0.25, 0.3) is 0 Å². The average molecular weight is 628 g/mol. The minimum Gasteiger partial charge on any atom is -0.862 e. The van der Waals surface area contributed by atoms with Crippen molar-refractivity contribution in [2.24, 2.45) is 4.99 Å². The first-order valence-electron chi connectivity index (χ1n) is 13.1. The molecule has 14 nitrogen and oxygen atoms in total. The first kappa shape index (κ1) is 38.4. The normalized spacial score (nSPS) is 35.4. The smallest absolute Gasteiger partial charge is 0.862 e. The molecule has 2 heterocycles. The van der Waals surface area contributed by atoms with E-state index in [1.54, 1.807) is 0 Å². The van der Waals surface area contributed by atoms with Crippen molar-refractivity contribution in [3.8, 4) is 0 Å². The molecule has 0 bridgehead atoms. The summed E-state index contributed by atoms with van der Waals surface area (Å²) in [5.41, 5.74) is 0. The second kappa shape index (κ2) is 18.9. The first-order valence-corrected chi connectivity index (χ1v) is 15.1. The van der Waals surface area contributed by atoms with Crippen LogP contribution in [-0.2, 0) is 33.5 Å². The topological polar surface area (TPSA) is 217 Å². The molecule has 5 N–H and O–H groups in total. The second-order valence-electron chi connectivity index (χ2n) is 9.70. The second-order valence-corrected chi connectivity index (χ2v) is 11.2. The Hall–Kier alpha value is 0.370. The van der Waals surface area contributed by atoms with Crippen LogP contribution >= 0.6 is 12.6 Å². The molecule has 2 aliphatic heterocycles. The summed E-state index contributed by atoms with van der Waals surface area (Å²) in [4.78, 5) is 3.70. The van der Waals surface area contributed by atoms with Gasteiger partial charge in [0.05, 0.1) is 12.7 Å². The number of rotatable bonds is 16. The van der Waals surface area contributed by atoms with E-state index in [0.29, 0.717) is 0 Å².